The summed E-state index contributed by atoms with van der Waals surface area (Å²) in [5.41, 5.74) is 6.01. The van der Waals surface area contributed by atoms with E-state index in [1.54, 1.807) is 19.2 Å². The van der Waals surface area contributed by atoms with Gasteiger partial charge in [0.05, 0.1) is 5.56 Å². The highest BCUT2D eigenvalue weighted by atomic mass is 32.1. The lowest BCUT2D eigenvalue weighted by Gasteiger charge is -2.11. The lowest BCUT2D eigenvalue weighted by molar-refractivity contribution is -0.274. The second-order valence-electron chi connectivity index (χ2n) is 3.90. The van der Waals surface area contributed by atoms with Crippen LogP contribution < -0.4 is 10.5 Å². The molecule has 0 aliphatic heterocycles. The zero-order chi connectivity index (χ0) is 14.0. The smallest absolute Gasteiger partial charge is 0.405 e. The molecule has 1 heterocycles. The van der Waals surface area contributed by atoms with Gasteiger partial charge in [-0.25, -0.2) is 4.98 Å². The van der Waals surface area contributed by atoms with Crippen molar-refractivity contribution >= 4 is 11.3 Å². The minimum Gasteiger partial charge on any atom is -0.405 e. The summed E-state index contributed by atoms with van der Waals surface area (Å²) in [7, 11) is 0. The van der Waals surface area contributed by atoms with Crippen molar-refractivity contribution < 1.29 is 17.9 Å². The Balaban J connectivity index is 2.38. The van der Waals surface area contributed by atoms with E-state index in [2.05, 4.69) is 9.72 Å². The van der Waals surface area contributed by atoms with E-state index >= 15 is 0 Å². The normalized spacial score (nSPS) is 13.3. The number of halogens is 3. The van der Waals surface area contributed by atoms with Crippen LogP contribution in [0.5, 0.6) is 5.75 Å². The van der Waals surface area contributed by atoms with Gasteiger partial charge in [0.25, 0.3) is 0 Å². The largest absolute Gasteiger partial charge is 0.573 e. The van der Waals surface area contributed by atoms with Crippen LogP contribution in [0.25, 0.3) is 10.6 Å². The Morgan fingerprint density at radius 3 is 2.58 bits per heavy atom. The van der Waals surface area contributed by atoms with Gasteiger partial charge in [-0.1, -0.05) is 12.1 Å². The molecule has 0 fully saturated rings. The second-order valence-corrected chi connectivity index (χ2v) is 4.96. The van der Waals surface area contributed by atoms with Gasteiger partial charge in [-0.3, -0.25) is 0 Å². The number of nitrogens with zero attached hydrogens (tertiary/aromatic N) is 1. The van der Waals surface area contributed by atoms with Crippen molar-refractivity contribution in [1.82, 2.24) is 4.98 Å². The van der Waals surface area contributed by atoms with Crippen molar-refractivity contribution in [2.45, 2.75) is 19.3 Å². The van der Waals surface area contributed by atoms with Gasteiger partial charge in [0.2, 0.25) is 0 Å². The van der Waals surface area contributed by atoms with Gasteiger partial charge in [-0.2, -0.15) is 0 Å². The number of para-hydroxylation sites is 1. The van der Waals surface area contributed by atoms with Crippen molar-refractivity contribution in [2.75, 3.05) is 0 Å². The highest BCUT2D eigenvalue weighted by Crippen LogP contribution is 2.36. The molecule has 1 atom stereocenters. The summed E-state index contributed by atoms with van der Waals surface area (Å²) in [6.45, 7) is 1.79. The van der Waals surface area contributed by atoms with Crippen molar-refractivity contribution in [3.63, 3.8) is 0 Å². The Morgan fingerprint density at radius 1 is 1.32 bits per heavy atom. The Labute approximate surface area is 111 Å². The molecule has 7 heteroatoms. The molecule has 1 aromatic carbocycles. The van der Waals surface area contributed by atoms with E-state index in [4.69, 9.17) is 5.73 Å². The standard InChI is InChI=1S/C12H11F3N2OS/c1-7(16)10-6-17-11(19-10)8-4-2-3-5-9(8)18-12(13,14)15/h2-7H,16H2,1H3. The number of thiazole rings is 1. The fourth-order valence-electron chi connectivity index (χ4n) is 1.48. The topological polar surface area (TPSA) is 48.1 Å². The summed E-state index contributed by atoms with van der Waals surface area (Å²) in [6, 6.07) is 5.69. The molecule has 0 saturated carbocycles. The number of rotatable bonds is 3. The molecule has 2 N–H and O–H groups in total. The molecule has 0 aliphatic carbocycles. The molecule has 0 aliphatic rings. The number of aromatic nitrogens is 1. The Morgan fingerprint density at radius 2 is 2.00 bits per heavy atom. The average molecular weight is 288 g/mol. The van der Waals surface area contributed by atoms with Crippen LogP contribution in [0, 0.1) is 0 Å². The Hall–Kier alpha value is -1.60. The molecule has 2 rings (SSSR count). The van der Waals surface area contributed by atoms with E-state index in [1.165, 1.54) is 29.5 Å². The summed E-state index contributed by atoms with van der Waals surface area (Å²) in [6.07, 6.45) is -3.16. The van der Waals surface area contributed by atoms with Crippen LogP contribution in [0.4, 0.5) is 13.2 Å². The first-order valence-electron chi connectivity index (χ1n) is 5.43. The molecule has 0 amide bonds. The molecular formula is C12H11F3N2OS. The molecule has 2 aromatic rings. The van der Waals surface area contributed by atoms with Crippen LogP contribution in [0.15, 0.2) is 30.5 Å². The number of nitrogens with two attached hydrogens (primary N) is 1. The molecule has 3 nitrogen and oxygen atoms in total. The Bertz CT molecular complexity index is 566. The Kier molecular flexibility index (Phi) is 3.77. The van der Waals surface area contributed by atoms with E-state index < -0.39 is 6.36 Å². The van der Waals surface area contributed by atoms with Crippen molar-refractivity contribution in [1.29, 1.82) is 0 Å². The third-order valence-corrected chi connectivity index (χ3v) is 3.55. The minimum absolute atomic E-state index is 0.207. The average Bonchev–Trinajstić information content (AvgIpc) is 2.76. The molecular weight excluding hydrogens is 277 g/mol. The minimum atomic E-state index is -4.72. The maximum absolute atomic E-state index is 12.3. The molecule has 102 valence electrons. The zero-order valence-electron chi connectivity index (χ0n) is 9.94. The molecule has 0 bridgehead atoms. The highest BCUT2D eigenvalue weighted by molar-refractivity contribution is 7.15. The third kappa shape index (κ3) is 3.45. The quantitative estimate of drug-likeness (QED) is 0.936. The first-order chi connectivity index (χ1) is 8.87. The number of benzene rings is 1. The second kappa shape index (κ2) is 5.18. The van der Waals surface area contributed by atoms with Crippen molar-refractivity contribution in [3.8, 4) is 16.3 Å². The van der Waals surface area contributed by atoms with Crippen LogP contribution in [0.1, 0.15) is 17.8 Å². The summed E-state index contributed by atoms with van der Waals surface area (Å²) < 4.78 is 40.9. The SMILES string of the molecule is CC(N)c1cnc(-c2ccccc2OC(F)(F)F)s1. The fourth-order valence-corrected chi connectivity index (χ4v) is 2.38. The van der Waals surface area contributed by atoms with Gasteiger partial charge in [0, 0.05) is 17.1 Å². The van der Waals surface area contributed by atoms with Gasteiger partial charge in [0.15, 0.2) is 0 Å². The van der Waals surface area contributed by atoms with Gasteiger partial charge < -0.3 is 10.5 Å². The number of ether oxygens (including phenoxy) is 1. The van der Waals surface area contributed by atoms with Crippen molar-refractivity contribution in [3.05, 3.63) is 35.3 Å². The van der Waals surface area contributed by atoms with Crippen molar-refractivity contribution in [2.24, 2.45) is 5.73 Å². The molecule has 0 spiro atoms. The fraction of sp³-hybridized carbons (Fsp3) is 0.250. The lowest BCUT2D eigenvalue weighted by Crippen LogP contribution is -2.17. The van der Waals surface area contributed by atoms with E-state index in [0.29, 0.717) is 10.6 Å². The molecule has 1 aromatic heterocycles. The van der Waals surface area contributed by atoms with Crippen LogP contribution in [0.3, 0.4) is 0 Å². The number of alkyl halides is 3. The monoisotopic (exact) mass is 288 g/mol. The van der Waals surface area contributed by atoms with E-state index in [9.17, 15) is 13.2 Å². The molecule has 1 unspecified atom stereocenters. The van der Waals surface area contributed by atoms with Gasteiger partial charge in [-0.15, -0.1) is 24.5 Å². The van der Waals surface area contributed by atoms with E-state index in [1.807, 2.05) is 0 Å². The van der Waals surface area contributed by atoms with Gasteiger partial charge >= 0.3 is 6.36 Å². The van der Waals surface area contributed by atoms with Gasteiger partial charge in [-0.05, 0) is 19.1 Å². The number of hydrogen-bond donors (Lipinski definition) is 1. The van der Waals surface area contributed by atoms with Gasteiger partial charge in [0.1, 0.15) is 10.8 Å². The molecule has 0 saturated heterocycles. The first kappa shape index (κ1) is 13.8. The lowest BCUT2D eigenvalue weighted by atomic mass is 10.2. The summed E-state index contributed by atoms with van der Waals surface area (Å²) in [5.74, 6) is -0.263. The van der Waals surface area contributed by atoms with Crippen LogP contribution in [-0.2, 0) is 0 Å². The summed E-state index contributed by atoms with van der Waals surface area (Å²) in [4.78, 5) is 4.89. The zero-order valence-corrected chi connectivity index (χ0v) is 10.8. The van der Waals surface area contributed by atoms with Crippen LogP contribution >= 0.6 is 11.3 Å². The maximum Gasteiger partial charge on any atom is 0.573 e. The predicted octanol–water partition coefficient (Wildman–Crippen LogP) is 3.73. The summed E-state index contributed by atoms with van der Waals surface area (Å²) in [5, 5.41) is 0.451. The number of hydrogen-bond acceptors (Lipinski definition) is 4. The van der Waals surface area contributed by atoms with Crippen LogP contribution in [0.2, 0.25) is 0 Å². The predicted molar refractivity (Wildman–Crippen MR) is 66.8 cm³/mol. The highest BCUT2D eigenvalue weighted by Gasteiger charge is 2.32. The maximum atomic E-state index is 12.3. The molecule has 19 heavy (non-hydrogen) atoms. The van der Waals surface area contributed by atoms with Crippen LogP contribution in [-0.4, -0.2) is 11.3 Å². The third-order valence-electron chi connectivity index (χ3n) is 2.32. The van der Waals surface area contributed by atoms with E-state index in [0.717, 1.165) is 4.88 Å². The molecule has 0 radical (unpaired) electrons. The first-order valence-corrected chi connectivity index (χ1v) is 6.25. The van der Waals surface area contributed by atoms with E-state index in [-0.39, 0.29) is 11.8 Å². The summed E-state index contributed by atoms with van der Waals surface area (Å²) >= 11 is 1.25.